The zero-order chi connectivity index (χ0) is 21.8. The Bertz CT molecular complexity index is 768. The van der Waals surface area contributed by atoms with Crippen LogP contribution in [0.1, 0.15) is 84.9 Å². The van der Waals surface area contributed by atoms with Crippen molar-refractivity contribution >= 4 is 23.4 Å². The summed E-state index contributed by atoms with van der Waals surface area (Å²) < 4.78 is 0. The summed E-state index contributed by atoms with van der Waals surface area (Å²) in [6.07, 6.45) is 7.43. The van der Waals surface area contributed by atoms with Crippen molar-refractivity contribution in [1.29, 1.82) is 0 Å². The third kappa shape index (κ3) is 3.80. The Morgan fingerprint density at radius 2 is 1.03 bits per heavy atom. The molecule has 2 saturated carbocycles. The molecule has 162 valence electrons. The maximum Gasteiger partial charge on any atom is 0.233 e. The molecule has 0 bridgehead atoms. The van der Waals surface area contributed by atoms with Crippen molar-refractivity contribution in [3.8, 4) is 0 Å². The SMILES string of the molecule is CNC(=O)C1(C(=O)c2cccc(C(=O)C3(C(=O)NC)CCCCC3)c2)CCCCC1. The first-order valence-electron chi connectivity index (χ1n) is 11.1. The van der Waals surface area contributed by atoms with Gasteiger partial charge in [-0.1, -0.05) is 56.7 Å². The summed E-state index contributed by atoms with van der Waals surface area (Å²) in [5.74, 6) is -0.959. The molecule has 0 saturated heterocycles. The van der Waals surface area contributed by atoms with Gasteiger partial charge in [0.25, 0.3) is 0 Å². The van der Waals surface area contributed by atoms with Gasteiger partial charge in [0.05, 0.1) is 0 Å². The van der Waals surface area contributed by atoms with E-state index in [1.54, 1.807) is 38.4 Å². The van der Waals surface area contributed by atoms with Crippen LogP contribution in [0.15, 0.2) is 24.3 Å². The fourth-order valence-corrected chi connectivity index (χ4v) is 5.26. The van der Waals surface area contributed by atoms with Gasteiger partial charge < -0.3 is 10.6 Å². The second kappa shape index (κ2) is 9.11. The summed E-state index contributed by atoms with van der Waals surface area (Å²) in [6, 6.07) is 6.61. The van der Waals surface area contributed by atoms with Crippen molar-refractivity contribution < 1.29 is 19.2 Å². The number of nitrogens with one attached hydrogen (secondary N) is 2. The van der Waals surface area contributed by atoms with Crippen molar-refractivity contribution in [2.24, 2.45) is 10.8 Å². The van der Waals surface area contributed by atoms with E-state index < -0.39 is 10.8 Å². The predicted molar refractivity (Wildman–Crippen MR) is 114 cm³/mol. The third-order valence-corrected chi connectivity index (χ3v) is 6.99. The number of carbonyl (C=O) groups is 4. The molecule has 3 rings (SSSR count). The van der Waals surface area contributed by atoms with E-state index in [1.807, 2.05) is 0 Å². The molecule has 2 amide bonds. The van der Waals surface area contributed by atoms with Gasteiger partial charge in [-0.05, 0) is 31.7 Å². The van der Waals surface area contributed by atoms with E-state index in [4.69, 9.17) is 0 Å². The molecule has 30 heavy (non-hydrogen) atoms. The molecule has 1 aromatic rings. The molecule has 2 fully saturated rings. The van der Waals surface area contributed by atoms with Crippen molar-refractivity contribution in [2.45, 2.75) is 64.2 Å². The number of carbonyl (C=O) groups excluding carboxylic acids is 4. The highest BCUT2D eigenvalue weighted by molar-refractivity contribution is 6.17. The van der Waals surface area contributed by atoms with E-state index in [0.717, 1.165) is 38.5 Å². The fourth-order valence-electron chi connectivity index (χ4n) is 5.26. The first kappa shape index (κ1) is 22.2. The Kier molecular flexibility index (Phi) is 6.74. The number of hydrogen-bond acceptors (Lipinski definition) is 4. The summed E-state index contributed by atoms with van der Waals surface area (Å²) in [5.41, 5.74) is -1.40. The minimum atomic E-state index is -1.07. The van der Waals surface area contributed by atoms with Crippen LogP contribution in [0.3, 0.4) is 0 Å². The van der Waals surface area contributed by atoms with Gasteiger partial charge in [0.1, 0.15) is 10.8 Å². The number of rotatable bonds is 6. The Balaban J connectivity index is 1.97. The highest BCUT2D eigenvalue weighted by atomic mass is 16.2. The molecule has 0 aromatic heterocycles. The lowest BCUT2D eigenvalue weighted by Crippen LogP contribution is -2.47. The molecule has 0 spiro atoms. The Morgan fingerprint density at radius 1 is 0.667 bits per heavy atom. The van der Waals surface area contributed by atoms with E-state index >= 15 is 0 Å². The monoisotopic (exact) mass is 412 g/mol. The molecule has 0 atom stereocenters. The standard InChI is InChI=1S/C24H32N2O4/c1-25-21(29)23(12-5-3-6-13-23)19(27)17-10-9-11-18(16-17)20(28)24(22(30)26-2)14-7-4-8-15-24/h9-11,16H,3-8,12-15H2,1-2H3,(H,25,29)(H,26,30). The van der Waals surface area contributed by atoms with Gasteiger partial charge in [0.15, 0.2) is 11.6 Å². The van der Waals surface area contributed by atoms with Crippen LogP contribution in [0.25, 0.3) is 0 Å². The van der Waals surface area contributed by atoms with Crippen LogP contribution >= 0.6 is 0 Å². The smallest absolute Gasteiger partial charge is 0.233 e. The molecule has 1 aromatic carbocycles. The molecular weight excluding hydrogens is 380 g/mol. The van der Waals surface area contributed by atoms with Crippen molar-refractivity contribution in [3.05, 3.63) is 35.4 Å². The van der Waals surface area contributed by atoms with Gasteiger partial charge in [0.2, 0.25) is 11.8 Å². The number of amides is 2. The van der Waals surface area contributed by atoms with Gasteiger partial charge in [0, 0.05) is 25.2 Å². The van der Waals surface area contributed by atoms with Crippen LogP contribution < -0.4 is 10.6 Å². The summed E-state index contributed by atoms with van der Waals surface area (Å²) in [5, 5.41) is 5.33. The summed E-state index contributed by atoms with van der Waals surface area (Å²) in [6.45, 7) is 0. The van der Waals surface area contributed by atoms with Gasteiger partial charge >= 0.3 is 0 Å². The van der Waals surface area contributed by atoms with Gasteiger partial charge in [-0.3, -0.25) is 19.2 Å². The molecule has 0 radical (unpaired) electrons. The van der Waals surface area contributed by atoms with Gasteiger partial charge in [-0.2, -0.15) is 0 Å². The van der Waals surface area contributed by atoms with E-state index in [2.05, 4.69) is 10.6 Å². The predicted octanol–water partition coefficient (Wildman–Crippen LogP) is 3.45. The minimum absolute atomic E-state index is 0.228. The molecule has 2 aliphatic carbocycles. The molecule has 6 heteroatoms. The quantitative estimate of drug-likeness (QED) is 0.553. The van der Waals surface area contributed by atoms with Gasteiger partial charge in [-0.15, -0.1) is 0 Å². The van der Waals surface area contributed by atoms with Crippen LogP contribution in [0.5, 0.6) is 0 Å². The number of hydrogen-bond donors (Lipinski definition) is 2. The van der Waals surface area contributed by atoms with E-state index in [0.29, 0.717) is 36.8 Å². The highest BCUT2D eigenvalue weighted by Crippen LogP contribution is 2.41. The van der Waals surface area contributed by atoms with E-state index in [-0.39, 0.29) is 23.4 Å². The average Bonchev–Trinajstić information content (AvgIpc) is 2.82. The van der Waals surface area contributed by atoms with Crippen molar-refractivity contribution in [2.75, 3.05) is 14.1 Å². The molecule has 6 nitrogen and oxygen atoms in total. The second-order valence-corrected chi connectivity index (χ2v) is 8.68. The zero-order valence-electron chi connectivity index (χ0n) is 18.0. The van der Waals surface area contributed by atoms with Crippen LogP contribution in [-0.4, -0.2) is 37.5 Å². The maximum atomic E-state index is 13.5. The van der Waals surface area contributed by atoms with E-state index in [9.17, 15) is 19.2 Å². The molecular formula is C24H32N2O4. The normalized spacial score (nSPS) is 20.1. The summed E-state index contributed by atoms with van der Waals surface area (Å²) in [7, 11) is 3.12. The fraction of sp³-hybridized carbons (Fsp3) is 0.583. The largest absolute Gasteiger partial charge is 0.358 e. The minimum Gasteiger partial charge on any atom is -0.358 e. The molecule has 2 N–H and O–H groups in total. The van der Waals surface area contributed by atoms with Crippen LogP contribution in [0, 0.1) is 10.8 Å². The second-order valence-electron chi connectivity index (χ2n) is 8.68. The lowest BCUT2D eigenvalue weighted by atomic mass is 9.67. The topological polar surface area (TPSA) is 92.3 Å². The van der Waals surface area contributed by atoms with Gasteiger partial charge in [-0.25, -0.2) is 0 Å². The number of Topliss-reactive ketones (excluding diaryl/α,β-unsaturated/α-hetero) is 2. The lowest BCUT2D eigenvalue weighted by molar-refractivity contribution is -0.130. The van der Waals surface area contributed by atoms with Crippen LogP contribution in [-0.2, 0) is 9.59 Å². The Hall–Kier alpha value is -2.50. The molecule has 2 aliphatic rings. The lowest BCUT2D eigenvalue weighted by Gasteiger charge is -2.35. The first-order chi connectivity index (χ1) is 14.4. The number of ketones is 2. The number of benzene rings is 1. The average molecular weight is 413 g/mol. The first-order valence-corrected chi connectivity index (χ1v) is 11.1. The Labute approximate surface area is 178 Å². The van der Waals surface area contributed by atoms with Crippen LogP contribution in [0.2, 0.25) is 0 Å². The maximum absolute atomic E-state index is 13.5. The molecule has 0 unspecified atom stereocenters. The van der Waals surface area contributed by atoms with Crippen molar-refractivity contribution in [1.82, 2.24) is 10.6 Å². The molecule has 0 aliphatic heterocycles. The van der Waals surface area contributed by atoms with Crippen molar-refractivity contribution in [3.63, 3.8) is 0 Å². The zero-order valence-corrected chi connectivity index (χ0v) is 18.0. The summed E-state index contributed by atoms with van der Waals surface area (Å²) >= 11 is 0. The Morgan fingerprint density at radius 3 is 1.37 bits per heavy atom. The summed E-state index contributed by atoms with van der Waals surface area (Å²) in [4.78, 5) is 52.4. The highest BCUT2D eigenvalue weighted by Gasteiger charge is 2.48. The molecule has 0 heterocycles. The van der Waals surface area contributed by atoms with E-state index in [1.165, 1.54) is 0 Å². The third-order valence-electron chi connectivity index (χ3n) is 6.99. The van der Waals surface area contributed by atoms with Crippen LogP contribution in [0.4, 0.5) is 0 Å².